The van der Waals surface area contributed by atoms with Crippen molar-refractivity contribution in [1.82, 2.24) is 5.32 Å². The van der Waals surface area contributed by atoms with Crippen molar-refractivity contribution in [3.63, 3.8) is 0 Å². The number of hydrogen-bond donors (Lipinski definition) is 3. The summed E-state index contributed by atoms with van der Waals surface area (Å²) in [7, 11) is 0. The lowest BCUT2D eigenvalue weighted by molar-refractivity contribution is 0.241. The number of hydrogen-bond acceptors (Lipinski definition) is 2. The summed E-state index contributed by atoms with van der Waals surface area (Å²) in [4.78, 5) is 11.4. The third kappa shape index (κ3) is 3.86. The van der Waals surface area contributed by atoms with Crippen LogP contribution < -0.4 is 10.6 Å². The number of urea groups is 1. The highest BCUT2D eigenvalue weighted by molar-refractivity contribution is 5.89. The third-order valence-corrected chi connectivity index (χ3v) is 2.06. The molecule has 0 heterocycles. The minimum atomic E-state index is -0.481. The molecule has 0 aliphatic carbocycles. The summed E-state index contributed by atoms with van der Waals surface area (Å²) >= 11 is 0. The van der Waals surface area contributed by atoms with E-state index >= 15 is 0 Å². The van der Waals surface area contributed by atoms with E-state index < -0.39 is 11.8 Å². The first-order chi connectivity index (χ1) is 7.63. The van der Waals surface area contributed by atoms with E-state index in [9.17, 15) is 9.18 Å². The molecule has 1 aromatic rings. The average molecular weight is 226 g/mol. The molecule has 3 N–H and O–H groups in total. The number of nitrogens with one attached hydrogen (secondary N) is 2. The Balaban J connectivity index is 2.49. The van der Waals surface area contributed by atoms with E-state index in [4.69, 9.17) is 5.11 Å². The Morgan fingerprint density at radius 3 is 2.81 bits per heavy atom. The quantitative estimate of drug-likeness (QED) is 0.732. The van der Waals surface area contributed by atoms with Crippen molar-refractivity contribution >= 4 is 11.7 Å². The number of aliphatic hydroxyl groups excluding tert-OH is 1. The molecule has 16 heavy (non-hydrogen) atoms. The molecule has 88 valence electrons. The smallest absolute Gasteiger partial charge is 0.319 e. The number of para-hydroxylation sites is 1. The van der Waals surface area contributed by atoms with Gasteiger partial charge in [-0.2, -0.15) is 0 Å². The average Bonchev–Trinajstić information content (AvgIpc) is 2.21. The molecule has 0 aliphatic heterocycles. The molecule has 0 spiro atoms. The number of carbonyl (C=O) groups excluding carboxylic acids is 1. The molecule has 1 rings (SSSR count). The predicted molar refractivity (Wildman–Crippen MR) is 59.7 cm³/mol. The molecule has 1 aromatic carbocycles. The molecule has 0 fully saturated rings. The maximum absolute atomic E-state index is 13.2. The fraction of sp³-hybridized carbons (Fsp3) is 0.364. The minimum Gasteiger partial charge on any atom is -0.396 e. The Morgan fingerprint density at radius 2 is 2.19 bits per heavy atom. The van der Waals surface area contributed by atoms with Gasteiger partial charge in [-0.3, -0.25) is 0 Å². The van der Waals surface area contributed by atoms with Gasteiger partial charge in [-0.1, -0.05) is 12.1 Å². The summed E-state index contributed by atoms with van der Waals surface area (Å²) in [6.45, 7) is 1.76. The summed E-state index contributed by atoms with van der Waals surface area (Å²) in [5.41, 5.74) is 0.135. The normalized spacial score (nSPS) is 11.9. The van der Waals surface area contributed by atoms with Gasteiger partial charge in [-0.15, -0.1) is 0 Å². The van der Waals surface area contributed by atoms with Crippen LogP contribution >= 0.6 is 0 Å². The van der Waals surface area contributed by atoms with E-state index in [1.807, 2.05) is 0 Å². The minimum absolute atomic E-state index is 0.00114. The highest BCUT2D eigenvalue weighted by Gasteiger charge is 2.08. The van der Waals surface area contributed by atoms with Gasteiger partial charge in [-0.05, 0) is 25.5 Å². The highest BCUT2D eigenvalue weighted by atomic mass is 19.1. The standard InChI is InChI=1S/C11H15FN2O2/c1-8(6-7-15)13-11(16)14-10-5-3-2-4-9(10)12/h2-5,8,15H,6-7H2,1H3,(H2,13,14,16)/t8-/m1/s1. The van der Waals surface area contributed by atoms with Crippen LogP contribution in [-0.4, -0.2) is 23.8 Å². The zero-order chi connectivity index (χ0) is 12.0. The van der Waals surface area contributed by atoms with Gasteiger partial charge >= 0.3 is 6.03 Å². The Bertz CT molecular complexity index is 358. The first kappa shape index (κ1) is 12.4. The number of halogens is 1. The van der Waals surface area contributed by atoms with Gasteiger partial charge in [0.05, 0.1) is 5.69 Å². The van der Waals surface area contributed by atoms with Crippen LogP contribution in [0.15, 0.2) is 24.3 Å². The van der Waals surface area contributed by atoms with Gasteiger partial charge in [0.15, 0.2) is 0 Å². The summed E-state index contributed by atoms with van der Waals surface area (Å²) in [6, 6.07) is 5.30. The van der Waals surface area contributed by atoms with Crippen molar-refractivity contribution in [2.45, 2.75) is 19.4 Å². The van der Waals surface area contributed by atoms with E-state index in [0.29, 0.717) is 6.42 Å². The summed E-state index contributed by atoms with van der Waals surface area (Å²) in [5, 5.41) is 13.6. The van der Waals surface area contributed by atoms with Crippen LogP contribution in [0.3, 0.4) is 0 Å². The number of carbonyl (C=O) groups is 1. The van der Waals surface area contributed by atoms with Gasteiger partial charge in [0, 0.05) is 12.6 Å². The van der Waals surface area contributed by atoms with Crippen LogP contribution in [0.2, 0.25) is 0 Å². The van der Waals surface area contributed by atoms with Crippen LogP contribution in [0.4, 0.5) is 14.9 Å². The molecule has 0 aromatic heterocycles. The Kier molecular flexibility index (Phi) is 4.72. The largest absolute Gasteiger partial charge is 0.396 e. The Labute approximate surface area is 93.5 Å². The molecular formula is C11H15FN2O2. The zero-order valence-corrected chi connectivity index (χ0v) is 9.03. The fourth-order valence-corrected chi connectivity index (χ4v) is 1.21. The van der Waals surface area contributed by atoms with Crippen molar-refractivity contribution in [2.24, 2.45) is 0 Å². The van der Waals surface area contributed by atoms with Crippen LogP contribution in [0.5, 0.6) is 0 Å². The molecule has 4 nitrogen and oxygen atoms in total. The topological polar surface area (TPSA) is 61.4 Å². The molecular weight excluding hydrogens is 211 g/mol. The number of amides is 2. The number of anilines is 1. The molecule has 0 unspecified atom stereocenters. The van der Waals surface area contributed by atoms with Gasteiger partial charge in [-0.25, -0.2) is 9.18 Å². The van der Waals surface area contributed by atoms with Crippen molar-refractivity contribution in [3.05, 3.63) is 30.1 Å². The second-order valence-corrected chi connectivity index (χ2v) is 3.49. The van der Waals surface area contributed by atoms with Crippen LogP contribution in [0, 0.1) is 5.82 Å². The summed E-state index contributed by atoms with van der Waals surface area (Å²) < 4.78 is 13.2. The van der Waals surface area contributed by atoms with Crippen molar-refractivity contribution in [2.75, 3.05) is 11.9 Å². The van der Waals surface area contributed by atoms with E-state index in [1.165, 1.54) is 12.1 Å². The molecule has 1 atom stereocenters. The SMILES string of the molecule is C[C@H](CCO)NC(=O)Nc1ccccc1F. The summed E-state index contributed by atoms with van der Waals surface area (Å²) in [6.07, 6.45) is 0.463. The molecule has 2 amide bonds. The molecule has 0 saturated carbocycles. The first-order valence-electron chi connectivity index (χ1n) is 5.06. The molecule has 5 heteroatoms. The lowest BCUT2D eigenvalue weighted by Gasteiger charge is -2.13. The predicted octanol–water partition coefficient (Wildman–Crippen LogP) is 1.72. The number of aliphatic hydroxyl groups is 1. The molecule has 0 radical (unpaired) electrons. The van der Waals surface area contributed by atoms with Crippen LogP contribution in [-0.2, 0) is 0 Å². The van der Waals surface area contributed by atoms with Gasteiger partial charge < -0.3 is 15.7 Å². The Morgan fingerprint density at radius 1 is 1.50 bits per heavy atom. The van der Waals surface area contributed by atoms with Crippen molar-refractivity contribution in [1.29, 1.82) is 0 Å². The molecule has 0 aliphatic rings. The van der Waals surface area contributed by atoms with Crippen molar-refractivity contribution < 1.29 is 14.3 Å². The van der Waals surface area contributed by atoms with Gasteiger partial charge in [0.25, 0.3) is 0 Å². The maximum Gasteiger partial charge on any atom is 0.319 e. The van der Waals surface area contributed by atoms with Crippen LogP contribution in [0.1, 0.15) is 13.3 Å². The zero-order valence-electron chi connectivity index (χ0n) is 9.03. The number of rotatable bonds is 4. The van der Waals surface area contributed by atoms with Gasteiger partial charge in [0.2, 0.25) is 0 Å². The first-order valence-corrected chi connectivity index (χ1v) is 5.06. The fourth-order valence-electron chi connectivity index (χ4n) is 1.21. The highest BCUT2D eigenvalue weighted by Crippen LogP contribution is 2.11. The van der Waals surface area contributed by atoms with E-state index in [-0.39, 0.29) is 18.3 Å². The second-order valence-electron chi connectivity index (χ2n) is 3.49. The third-order valence-electron chi connectivity index (χ3n) is 2.06. The number of benzene rings is 1. The van der Waals surface area contributed by atoms with Crippen LogP contribution in [0.25, 0.3) is 0 Å². The lowest BCUT2D eigenvalue weighted by Crippen LogP contribution is -2.36. The van der Waals surface area contributed by atoms with Crippen molar-refractivity contribution in [3.8, 4) is 0 Å². The molecule has 0 bridgehead atoms. The lowest BCUT2D eigenvalue weighted by atomic mass is 10.2. The van der Waals surface area contributed by atoms with Gasteiger partial charge in [0.1, 0.15) is 5.82 Å². The monoisotopic (exact) mass is 226 g/mol. The van der Waals surface area contributed by atoms with E-state index in [1.54, 1.807) is 19.1 Å². The maximum atomic E-state index is 13.2. The molecule has 0 saturated heterocycles. The van der Waals surface area contributed by atoms with E-state index in [0.717, 1.165) is 0 Å². The Hall–Kier alpha value is -1.62. The second kappa shape index (κ2) is 6.07. The summed E-state index contributed by atoms with van der Waals surface area (Å²) in [5.74, 6) is -0.479. The van der Waals surface area contributed by atoms with E-state index in [2.05, 4.69) is 10.6 Å².